The Labute approximate surface area is 347 Å². The van der Waals surface area contributed by atoms with Crippen LogP contribution in [0.5, 0.6) is 0 Å². The zero-order chi connectivity index (χ0) is 40.6. The van der Waals surface area contributed by atoms with E-state index in [0.717, 1.165) is 50.0 Å². The van der Waals surface area contributed by atoms with E-state index in [4.69, 9.17) is 42.1 Å². The summed E-state index contributed by atoms with van der Waals surface area (Å²) in [7, 11) is 0. The van der Waals surface area contributed by atoms with Crippen LogP contribution in [0.1, 0.15) is 92.2 Å². The lowest BCUT2D eigenvalue weighted by atomic mass is 10.0. The van der Waals surface area contributed by atoms with Gasteiger partial charge in [0.25, 0.3) is 0 Å². The topological polar surface area (TPSA) is 119 Å². The Kier molecular flexibility index (Phi) is 21.1. The van der Waals surface area contributed by atoms with E-state index in [1.807, 2.05) is 102 Å². The van der Waals surface area contributed by atoms with Crippen molar-refractivity contribution < 1.29 is 33.3 Å². The number of rotatable bonds is 4. The molecule has 4 aliphatic heterocycles. The quantitative estimate of drug-likeness (QED) is 0.302. The molecule has 4 saturated heterocycles. The highest BCUT2D eigenvalue weighted by Gasteiger charge is 2.37. The fourth-order valence-corrected chi connectivity index (χ4v) is 6.30. The van der Waals surface area contributed by atoms with E-state index < -0.39 is 23.3 Å². The van der Waals surface area contributed by atoms with Gasteiger partial charge in [-0.1, -0.05) is 47.5 Å². The van der Waals surface area contributed by atoms with Crippen molar-refractivity contribution in [3.8, 4) is 0 Å². The summed E-state index contributed by atoms with van der Waals surface area (Å²) in [5.41, 5.74) is 1.21. The summed E-state index contributed by atoms with van der Waals surface area (Å²) in [5.74, 6) is -0.166. The average Bonchev–Trinajstić information content (AvgIpc) is 3.89. The molecule has 14 heteroatoms. The number of piperazine rings is 2. The van der Waals surface area contributed by atoms with Gasteiger partial charge in [0.05, 0.1) is 6.04 Å². The van der Waals surface area contributed by atoms with Gasteiger partial charge in [0, 0.05) is 76.6 Å². The van der Waals surface area contributed by atoms with Crippen molar-refractivity contribution in [3.05, 3.63) is 69.7 Å². The number of ether oxygens (including phenoxy) is 4. The summed E-state index contributed by atoms with van der Waals surface area (Å²) in [6.45, 7) is 20.7. The van der Waals surface area contributed by atoms with Gasteiger partial charge in [-0.25, -0.2) is 9.59 Å². The second kappa shape index (κ2) is 24.0. The zero-order valence-electron chi connectivity index (χ0n) is 34.7. The van der Waals surface area contributed by atoms with Crippen LogP contribution in [0, 0.1) is 0 Å². The van der Waals surface area contributed by atoms with E-state index in [1.54, 1.807) is 6.92 Å². The molecule has 6 rings (SSSR count). The third-order valence-electron chi connectivity index (χ3n) is 8.96. The largest absolute Gasteiger partial charge is 0.444 e. The van der Waals surface area contributed by atoms with Crippen molar-refractivity contribution in [1.82, 2.24) is 20.4 Å². The minimum Gasteiger partial charge on any atom is -0.444 e. The van der Waals surface area contributed by atoms with Crippen molar-refractivity contribution in [3.63, 3.8) is 0 Å². The first-order valence-electron chi connectivity index (χ1n) is 19.6. The summed E-state index contributed by atoms with van der Waals surface area (Å²) in [5, 5.41) is 7.86. The standard InChI is InChI=1S/C17H23ClN2O3.C17H25ClN2O2.2C4H8O.B/c1-11-15(21)19-14(9-12-5-7-13(18)8-6-12)10-20(11)16(22)23-17(2,3)4;1-12-10-19-15(9-13-5-7-14(18)8-6-13)11-20(12)16(21)22-17(2,3)4;2*1-2-4-5-3-1;/h5-8,11,14H,9-10H2,1-4H3,(H,19,21);5-8,12,15,19H,9-11H2,1-4H3;2*1-4H2;/t11-,14?;12-,15?;;;/m00.../s1. The molecule has 4 aliphatic rings. The number of nitrogens with one attached hydrogen (secondary N) is 2. The van der Waals surface area contributed by atoms with Crippen LogP contribution in [-0.2, 0) is 36.6 Å². The highest BCUT2D eigenvalue weighted by atomic mass is 35.5. The molecule has 4 heterocycles. The number of carbonyl (C=O) groups is 3. The smallest absolute Gasteiger partial charge is 0.411 e. The van der Waals surface area contributed by atoms with Gasteiger partial charge in [0.15, 0.2) is 0 Å². The highest BCUT2D eigenvalue weighted by Crippen LogP contribution is 2.20. The van der Waals surface area contributed by atoms with Gasteiger partial charge < -0.3 is 34.5 Å². The molecule has 0 spiro atoms. The molecule has 2 aromatic rings. The van der Waals surface area contributed by atoms with Crippen molar-refractivity contribution in [2.24, 2.45) is 0 Å². The Hall–Kier alpha value is -3.03. The lowest BCUT2D eigenvalue weighted by Crippen LogP contribution is -2.61. The number of hydrogen-bond acceptors (Lipinski definition) is 8. The molecule has 4 atom stereocenters. The molecule has 2 aromatic carbocycles. The van der Waals surface area contributed by atoms with Crippen LogP contribution in [0.25, 0.3) is 0 Å². The van der Waals surface area contributed by atoms with E-state index in [1.165, 1.54) is 36.1 Å². The summed E-state index contributed by atoms with van der Waals surface area (Å²) in [6.07, 6.45) is 5.92. The Morgan fingerprint density at radius 2 is 1.09 bits per heavy atom. The first-order chi connectivity index (χ1) is 25.9. The van der Waals surface area contributed by atoms with Crippen molar-refractivity contribution in [2.75, 3.05) is 46.1 Å². The third-order valence-corrected chi connectivity index (χ3v) is 9.47. The Morgan fingerprint density at radius 1 is 0.696 bits per heavy atom. The Morgan fingerprint density at radius 3 is 1.48 bits per heavy atom. The summed E-state index contributed by atoms with van der Waals surface area (Å²) in [6, 6.07) is 15.0. The molecule has 0 saturated carbocycles. The summed E-state index contributed by atoms with van der Waals surface area (Å²) < 4.78 is 20.8. The molecule has 311 valence electrons. The first kappa shape index (κ1) is 49.1. The predicted octanol–water partition coefficient (Wildman–Crippen LogP) is 7.70. The van der Waals surface area contributed by atoms with Crippen LogP contribution in [-0.4, -0.2) is 118 Å². The molecule has 56 heavy (non-hydrogen) atoms. The average molecular weight is 819 g/mol. The van der Waals surface area contributed by atoms with Crippen LogP contribution in [0.3, 0.4) is 0 Å². The van der Waals surface area contributed by atoms with Gasteiger partial charge >= 0.3 is 12.2 Å². The molecule has 11 nitrogen and oxygen atoms in total. The minimum absolute atomic E-state index is 0. The molecular formula is C42H64BCl2N4O7. The molecule has 2 N–H and O–H groups in total. The highest BCUT2D eigenvalue weighted by molar-refractivity contribution is 6.30. The monoisotopic (exact) mass is 817 g/mol. The van der Waals surface area contributed by atoms with Gasteiger partial charge in [0.2, 0.25) is 5.91 Å². The molecule has 3 radical (unpaired) electrons. The van der Waals surface area contributed by atoms with Crippen LogP contribution < -0.4 is 10.6 Å². The maximum Gasteiger partial charge on any atom is 0.411 e. The molecule has 0 aromatic heterocycles. The van der Waals surface area contributed by atoms with E-state index >= 15 is 0 Å². The predicted molar refractivity (Wildman–Crippen MR) is 225 cm³/mol. The van der Waals surface area contributed by atoms with Gasteiger partial charge in [-0.15, -0.1) is 0 Å². The number of amides is 3. The van der Waals surface area contributed by atoms with Crippen molar-refractivity contribution in [2.45, 2.75) is 129 Å². The number of halogens is 2. The van der Waals surface area contributed by atoms with E-state index in [2.05, 4.69) is 10.6 Å². The Balaban J connectivity index is 0.000000304. The van der Waals surface area contributed by atoms with E-state index in [9.17, 15) is 14.4 Å². The number of hydrogen-bond donors (Lipinski definition) is 2. The van der Waals surface area contributed by atoms with Crippen molar-refractivity contribution in [1.29, 1.82) is 0 Å². The molecule has 2 unspecified atom stereocenters. The maximum absolute atomic E-state index is 12.3. The number of benzene rings is 2. The number of nitrogens with zero attached hydrogens (tertiary/aromatic N) is 2. The molecule has 4 fully saturated rings. The summed E-state index contributed by atoms with van der Waals surface area (Å²) in [4.78, 5) is 40.1. The fourth-order valence-electron chi connectivity index (χ4n) is 6.05. The Bertz CT molecular complexity index is 1440. The molecular weight excluding hydrogens is 754 g/mol. The van der Waals surface area contributed by atoms with Gasteiger partial charge in [-0.2, -0.15) is 0 Å². The molecule has 0 aliphatic carbocycles. The number of carbonyl (C=O) groups excluding carboxylic acids is 3. The zero-order valence-corrected chi connectivity index (χ0v) is 36.2. The molecule has 0 bridgehead atoms. The van der Waals surface area contributed by atoms with Crippen LogP contribution in [0.4, 0.5) is 9.59 Å². The second-order valence-corrected chi connectivity index (χ2v) is 17.3. The first-order valence-corrected chi connectivity index (χ1v) is 20.3. The van der Waals surface area contributed by atoms with E-state index in [0.29, 0.717) is 24.5 Å². The van der Waals surface area contributed by atoms with Crippen molar-refractivity contribution >= 4 is 49.7 Å². The fraction of sp³-hybridized carbons (Fsp3) is 0.643. The normalized spacial score (nSPS) is 22.1. The van der Waals surface area contributed by atoms with Gasteiger partial charge in [0.1, 0.15) is 17.2 Å². The third kappa shape index (κ3) is 18.9. The van der Waals surface area contributed by atoms with E-state index in [-0.39, 0.29) is 38.5 Å². The maximum atomic E-state index is 12.3. The second-order valence-electron chi connectivity index (χ2n) is 16.4. The minimum atomic E-state index is -0.587. The van der Waals surface area contributed by atoms with Crippen LogP contribution in [0.15, 0.2) is 48.5 Å². The SMILES string of the molecule is C1CCOC1.C1CCOC1.C[C@H]1C(=O)NC(Cc2ccc(Cl)cc2)CN1C(=O)OC(C)(C)C.C[C@H]1CNC(Cc2ccc(Cl)cc2)CN1C(=O)OC(C)(C)C.[B]. The summed E-state index contributed by atoms with van der Waals surface area (Å²) >= 11 is 11.8. The van der Waals surface area contributed by atoms with Gasteiger partial charge in [-0.05, 0) is 129 Å². The van der Waals surface area contributed by atoms with Gasteiger partial charge in [-0.3, -0.25) is 9.69 Å². The lowest BCUT2D eigenvalue weighted by Gasteiger charge is -2.39. The van der Waals surface area contributed by atoms with Crippen LogP contribution >= 0.6 is 23.2 Å². The van der Waals surface area contributed by atoms with Crippen LogP contribution in [0.2, 0.25) is 10.0 Å². The molecule has 3 amide bonds. The lowest BCUT2D eigenvalue weighted by molar-refractivity contribution is -0.129.